The van der Waals surface area contributed by atoms with Crippen LogP contribution in [0.1, 0.15) is 23.6 Å². The fourth-order valence-corrected chi connectivity index (χ4v) is 8.46. The normalized spacial score (nSPS) is 17.3. The van der Waals surface area contributed by atoms with E-state index in [9.17, 15) is 0 Å². The molecule has 1 aromatic heterocycles. The molecule has 4 heteroatoms. The van der Waals surface area contributed by atoms with Crippen molar-refractivity contribution in [2.75, 3.05) is 0 Å². The third-order valence-corrected chi connectivity index (χ3v) is 11.2. The Kier molecular flexibility index (Phi) is 7.35. The van der Waals surface area contributed by atoms with Gasteiger partial charge in [-0.2, -0.15) is 0 Å². The fourth-order valence-electron chi connectivity index (χ4n) is 8.46. The highest BCUT2D eigenvalue weighted by molar-refractivity contribution is 6.15. The molecule has 4 nitrogen and oxygen atoms in total. The summed E-state index contributed by atoms with van der Waals surface area (Å²) in [6, 6.07) is 74.3. The highest BCUT2D eigenvalue weighted by Crippen LogP contribution is 2.55. The van der Waals surface area contributed by atoms with Gasteiger partial charge in [0.25, 0.3) is 0 Å². The molecule has 3 unspecified atom stereocenters. The number of aliphatic imine (C=N–C) groups is 1. The molecular formula is C51H36N4. The SMILES string of the molecule is c1ccc(C2=NC(c3ccccc3)N3C(n4c5ccccc5c5cc(-c6ccc(-c7ccccc7)cc6)cc(-c6ccc(-c7ccccc7)cc6)c54)N23)cc1. The van der Waals surface area contributed by atoms with Crippen molar-refractivity contribution < 1.29 is 0 Å². The number of hydrogen-bond acceptors (Lipinski definition) is 3. The summed E-state index contributed by atoms with van der Waals surface area (Å²) < 4.78 is 2.56. The van der Waals surface area contributed by atoms with Gasteiger partial charge in [-0.3, -0.25) is 0 Å². The van der Waals surface area contributed by atoms with Crippen molar-refractivity contribution in [1.82, 2.24) is 14.6 Å². The van der Waals surface area contributed by atoms with Gasteiger partial charge in [0.15, 0.2) is 18.3 Å². The minimum absolute atomic E-state index is 0.0568. The summed E-state index contributed by atoms with van der Waals surface area (Å²) in [5.74, 6) is 0.995. The second-order valence-electron chi connectivity index (χ2n) is 14.4. The van der Waals surface area contributed by atoms with Crippen LogP contribution >= 0.6 is 0 Å². The van der Waals surface area contributed by atoms with Crippen LogP contribution < -0.4 is 0 Å². The zero-order valence-electron chi connectivity index (χ0n) is 30.1. The lowest BCUT2D eigenvalue weighted by molar-refractivity contribution is 0.331. The second kappa shape index (κ2) is 12.8. The Hall–Kier alpha value is -7.01. The first kappa shape index (κ1) is 31.5. The maximum Gasteiger partial charge on any atom is 0.199 e. The van der Waals surface area contributed by atoms with E-state index in [1.54, 1.807) is 0 Å². The van der Waals surface area contributed by atoms with Crippen LogP contribution in [0.5, 0.6) is 0 Å². The van der Waals surface area contributed by atoms with Crippen LogP contribution in [-0.4, -0.2) is 20.4 Å². The van der Waals surface area contributed by atoms with Gasteiger partial charge < -0.3 is 4.57 Å². The first-order chi connectivity index (χ1) is 27.3. The van der Waals surface area contributed by atoms with Crippen LogP contribution in [0.25, 0.3) is 66.3 Å². The van der Waals surface area contributed by atoms with Crippen molar-refractivity contribution >= 4 is 27.6 Å². The molecular weight excluding hydrogens is 669 g/mol. The molecule has 3 atom stereocenters. The van der Waals surface area contributed by atoms with Gasteiger partial charge in [-0.25, -0.2) is 10.0 Å². The topological polar surface area (TPSA) is 23.3 Å². The highest BCUT2D eigenvalue weighted by Gasteiger charge is 2.59. The van der Waals surface area contributed by atoms with Crippen LogP contribution in [0, 0.1) is 0 Å². The predicted molar refractivity (Wildman–Crippen MR) is 226 cm³/mol. The molecule has 0 N–H and O–H groups in total. The number of nitrogens with zero attached hydrogens (tertiary/aromatic N) is 4. The van der Waals surface area contributed by atoms with Gasteiger partial charge in [0.2, 0.25) is 0 Å². The van der Waals surface area contributed by atoms with Crippen molar-refractivity contribution in [1.29, 1.82) is 0 Å². The number of rotatable bonds is 7. The minimum atomic E-state index is -0.131. The maximum absolute atomic E-state index is 5.34. The summed E-state index contributed by atoms with van der Waals surface area (Å²) in [5, 5.41) is 7.30. The van der Waals surface area contributed by atoms with E-state index in [-0.39, 0.29) is 12.5 Å². The summed E-state index contributed by atoms with van der Waals surface area (Å²) in [4.78, 5) is 5.34. The Morgan fingerprint density at radius 3 is 1.45 bits per heavy atom. The van der Waals surface area contributed by atoms with Crippen molar-refractivity contribution in [3.8, 4) is 44.5 Å². The van der Waals surface area contributed by atoms with Crippen LogP contribution in [0.3, 0.4) is 0 Å². The molecule has 9 aromatic rings. The second-order valence-corrected chi connectivity index (χ2v) is 14.4. The quantitative estimate of drug-likeness (QED) is 0.154. The standard InChI is InChI=1S/C51H36N4/c1-5-15-35(16-6-1)37-25-27-39(28-26-37)43-33-45(40-31-29-38(30-32-40)36-17-7-2-8-18-36)48-46(34-43)44-23-13-14-24-47(44)53(48)51-54-49(41-19-9-3-10-20-41)52-50(55(51)54)42-21-11-4-12-22-42/h1-34,49,51H. The van der Waals surface area contributed by atoms with Gasteiger partial charge in [0.05, 0.1) is 11.0 Å². The molecule has 2 aliphatic rings. The van der Waals surface area contributed by atoms with Crippen molar-refractivity contribution in [2.24, 2.45) is 4.99 Å². The van der Waals surface area contributed by atoms with E-state index in [0.29, 0.717) is 0 Å². The zero-order valence-corrected chi connectivity index (χ0v) is 30.1. The van der Waals surface area contributed by atoms with Crippen LogP contribution in [-0.2, 0) is 0 Å². The van der Waals surface area contributed by atoms with Gasteiger partial charge in [-0.15, -0.1) is 5.01 Å². The number of para-hydroxylation sites is 1. The van der Waals surface area contributed by atoms with Crippen molar-refractivity contribution in [2.45, 2.75) is 12.5 Å². The fraction of sp³-hybridized carbons (Fsp3) is 0.0392. The third-order valence-electron chi connectivity index (χ3n) is 11.2. The zero-order chi connectivity index (χ0) is 36.3. The Morgan fingerprint density at radius 2 is 0.855 bits per heavy atom. The molecule has 1 fully saturated rings. The minimum Gasteiger partial charge on any atom is -0.303 e. The lowest BCUT2D eigenvalue weighted by Gasteiger charge is -2.16. The molecule has 1 saturated heterocycles. The van der Waals surface area contributed by atoms with E-state index in [2.05, 4.69) is 221 Å². The largest absolute Gasteiger partial charge is 0.303 e. The highest BCUT2D eigenvalue weighted by atomic mass is 16.0. The first-order valence-corrected chi connectivity index (χ1v) is 18.9. The number of aromatic nitrogens is 1. The molecule has 11 rings (SSSR count). The summed E-state index contributed by atoms with van der Waals surface area (Å²) in [5.41, 5.74) is 14.4. The molecule has 0 radical (unpaired) electrons. The number of fused-ring (bicyclic) bond motifs is 4. The molecule has 0 amide bonds. The molecule has 0 saturated carbocycles. The number of amidine groups is 1. The van der Waals surface area contributed by atoms with Crippen molar-refractivity contribution in [3.05, 3.63) is 217 Å². The van der Waals surface area contributed by atoms with E-state index >= 15 is 0 Å². The van der Waals surface area contributed by atoms with Gasteiger partial charge >= 0.3 is 0 Å². The predicted octanol–water partition coefficient (Wildman–Crippen LogP) is 12.6. The maximum atomic E-state index is 5.34. The van der Waals surface area contributed by atoms with Crippen LogP contribution in [0.15, 0.2) is 211 Å². The molecule has 8 aromatic carbocycles. The number of hydrogen-bond donors (Lipinski definition) is 0. The molecule has 2 aliphatic heterocycles. The van der Waals surface area contributed by atoms with Gasteiger partial charge in [-0.1, -0.05) is 188 Å². The molecule has 260 valence electrons. The van der Waals surface area contributed by atoms with E-state index in [1.165, 1.54) is 71.9 Å². The molecule has 0 aliphatic carbocycles. The summed E-state index contributed by atoms with van der Waals surface area (Å²) in [7, 11) is 0. The first-order valence-electron chi connectivity index (χ1n) is 18.9. The Labute approximate surface area is 320 Å². The smallest absolute Gasteiger partial charge is 0.199 e. The van der Waals surface area contributed by atoms with Crippen molar-refractivity contribution in [3.63, 3.8) is 0 Å². The van der Waals surface area contributed by atoms with Gasteiger partial charge in [0, 0.05) is 21.9 Å². The Morgan fingerprint density at radius 1 is 0.382 bits per heavy atom. The van der Waals surface area contributed by atoms with E-state index in [0.717, 1.165) is 11.4 Å². The molecule has 0 spiro atoms. The summed E-state index contributed by atoms with van der Waals surface area (Å²) in [6.45, 7) is 0. The molecule has 55 heavy (non-hydrogen) atoms. The molecule has 0 bridgehead atoms. The Bertz CT molecular complexity index is 2850. The van der Waals surface area contributed by atoms with E-state index < -0.39 is 0 Å². The summed E-state index contributed by atoms with van der Waals surface area (Å²) >= 11 is 0. The lowest BCUT2D eigenvalue weighted by atomic mass is 9.93. The monoisotopic (exact) mass is 704 g/mol. The Balaban J connectivity index is 1.12. The van der Waals surface area contributed by atoms with E-state index in [1.807, 2.05) is 0 Å². The van der Waals surface area contributed by atoms with E-state index in [4.69, 9.17) is 4.99 Å². The van der Waals surface area contributed by atoms with Crippen LogP contribution in [0.2, 0.25) is 0 Å². The van der Waals surface area contributed by atoms with Gasteiger partial charge in [-0.05, 0) is 62.7 Å². The average Bonchev–Trinajstić information content (AvgIpc) is 3.69. The summed E-state index contributed by atoms with van der Waals surface area (Å²) in [6.07, 6.45) is -0.188. The van der Waals surface area contributed by atoms with Crippen LogP contribution in [0.4, 0.5) is 0 Å². The lowest BCUT2D eigenvalue weighted by Crippen LogP contribution is -2.14. The average molecular weight is 705 g/mol. The molecule has 3 heterocycles. The third kappa shape index (κ3) is 5.30. The number of benzene rings is 8. The number of hydrazine groups is 1. The van der Waals surface area contributed by atoms with Gasteiger partial charge in [0.1, 0.15) is 0 Å².